The Balaban J connectivity index is 0.000000213. The third kappa shape index (κ3) is 18.2. The summed E-state index contributed by atoms with van der Waals surface area (Å²) < 4.78 is 51.7. The maximum atomic E-state index is 14.6. The van der Waals surface area contributed by atoms with E-state index in [-0.39, 0.29) is 50.5 Å². The van der Waals surface area contributed by atoms with E-state index in [1.807, 2.05) is 67.5 Å². The maximum absolute atomic E-state index is 14.6. The average Bonchev–Trinajstić information content (AvgIpc) is 1.59. The molecule has 0 radical (unpaired) electrons. The molecule has 0 spiro atoms. The largest absolute Gasteiger partial charge is 0.490 e. The number of rotatable bonds is 30. The van der Waals surface area contributed by atoms with Crippen molar-refractivity contribution in [2.24, 2.45) is 46.3 Å². The van der Waals surface area contributed by atoms with Crippen molar-refractivity contribution in [2.75, 3.05) is 72.4 Å². The van der Waals surface area contributed by atoms with Crippen LogP contribution >= 0.6 is 46.7 Å². The van der Waals surface area contributed by atoms with Crippen LogP contribution in [0.1, 0.15) is 120 Å². The minimum Gasteiger partial charge on any atom is -0.490 e. The third-order valence-corrected chi connectivity index (χ3v) is 23.8. The zero-order valence-corrected chi connectivity index (χ0v) is 65.7. The first kappa shape index (κ1) is 80.5. The summed E-state index contributed by atoms with van der Waals surface area (Å²) in [7, 11) is 4.43. The topological polar surface area (TPSA) is 320 Å². The smallest absolute Gasteiger partial charge is 0.408 e. The summed E-state index contributed by atoms with van der Waals surface area (Å²) in [6.45, 7) is 23.9. The summed E-state index contributed by atoms with van der Waals surface area (Å²) in [5.41, 5.74) is -3.35. The van der Waals surface area contributed by atoms with Gasteiger partial charge in [-0.15, -0.1) is 36.7 Å². The molecule has 2 aromatic carbocycles. The van der Waals surface area contributed by atoms with Crippen LogP contribution in [0.2, 0.25) is 10.0 Å². The van der Waals surface area contributed by atoms with Crippen molar-refractivity contribution in [3.63, 3.8) is 0 Å². The summed E-state index contributed by atoms with van der Waals surface area (Å²) in [5, 5.41) is 24.5. The highest BCUT2D eigenvalue weighted by molar-refractivity contribution is 7.99. The maximum Gasteiger partial charge on any atom is 0.408 e. The number of benzene rings is 2. The molecule has 2 unspecified atom stereocenters. The molecule has 30 heteroatoms. The predicted octanol–water partition coefficient (Wildman–Crippen LogP) is 11.0. The predicted molar refractivity (Wildman–Crippen MR) is 403 cm³/mol. The molecule has 6 amide bonds. The standard InChI is InChI=1S/C39H51ClN4O9S.C38H49ClN4O9S/c1-8-23-19-39(23,36(47)50-7)43-34(45)27-17-25(20-44(27)35(46)33(38(3,4)5)42-37(48)53-24-15-21-14-22(21)16-24)52-29-18-30(54-9-2)41-32-26(29)10-11-28(31(32)40)51-13-12-49-6;1-7-22-18-38(22,35(46)47)42-33(44)26-16-24(19-43(26)34(45)32(37(3,4)5)41-36(48)52-23-14-20-13-21(20)15-23)51-28-17-29(53-8-2)40-31-25(28)9-10-27(30(31)39)50-12-11-49-6/h8,10-11,18,21-25,27,33H,1,9,12-17,19-20H2,2-7H3,(H,42,48)(H,43,45);7,9-10,17,20-24,26,32H,1,8,11-16,18-19H2,2-6H3,(H,41,48)(H,42,44)(H,46,47)/t21-,22+,23-,24?,25-,27+,33-,39-;20-,21+,22-,23?,24-,26+,32-,38-/m11/s1. The Morgan fingerprint density at radius 1 is 0.579 bits per heavy atom. The number of nitrogens with zero attached hydrogens (tertiary/aromatic N) is 4. The summed E-state index contributed by atoms with van der Waals surface area (Å²) in [6.07, 6.45) is 6.43. The van der Waals surface area contributed by atoms with Crippen LogP contribution in [-0.4, -0.2) is 205 Å². The number of carboxylic acids is 1. The molecule has 5 N–H and O–H groups in total. The molecule has 2 saturated heterocycles. The second-order valence-corrected chi connectivity index (χ2v) is 34.5. The summed E-state index contributed by atoms with van der Waals surface area (Å²) in [4.78, 5) is 121. The van der Waals surface area contributed by atoms with Crippen LogP contribution < -0.4 is 40.2 Å². The van der Waals surface area contributed by atoms with Gasteiger partial charge in [-0.05, 0) is 122 Å². The van der Waals surface area contributed by atoms with Crippen LogP contribution in [0.15, 0.2) is 71.8 Å². The van der Waals surface area contributed by atoms with Gasteiger partial charge in [0.1, 0.15) is 116 Å². The van der Waals surface area contributed by atoms with Crippen LogP contribution in [0.5, 0.6) is 23.0 Å². The van der Waals surface area contributed by atoms with Crippen LogP contribution in [0, 0.1) is 46.3 Å². The number of nitrogens with one attached hydrogen (secondary N) is 4. The van der Waals surface area contributed by atoms with Crippen molar-refractivity contribution in [2.45, 2.75) is 189 Å². The van der Waals surface area contributed by atoms with Crippen molar-refractivity contribution in [3.8, 4) is 23.0 Å². The number of thioether (sulfide) groups is 2. The number of halogens is 2. The van der Waals surface area contributed by atoms with Crippen molar-refractivity contribution < 1.29 is 86.1 Å². The molecule has 0 bridgehead atoms. The number of ether oxygens (including phenoxy) is 9. The SMILES string of the molecule is C=C[C@@H]1C[C@]1(NC(=O)[C@@H]1C[C@@H](Oc2cc(SCC)nc3c(Cl)c(OCCOC)ccc23)CN1C(=O)[C@@H](NC(=O)OC1C[C@@H]2C[C@@H]2C1)C(C)(C)C)C(=O)O.C=C[C@@H]1C[C@]1(NC(=O)[C@@H]1C[C@@H](Oc2cc(SCC)nc3c(Cl)c(OCCOC)ccc23)CN1C(=O)[C@@H](NC(=O)OC1C[C@@H]2C[C@@H]2C1)C(C)(C)C)C(=O)OC. The second kappa shape index (κ2) is 33.4. The van der Waals surface area contributed by atoms with Gasteiger partial charge in [-0.1, -0.05) is 90.7 Å². The molecule has 6 saturated carbocycles. The van der Waals surface area contributed by atoms with Crippen LogP contribution in [0.4, 0.5) is 9.59 Å². The first-order valence-corrected chi connectivity index (χ1v) is 39.5. The molecule has 26 nitrogen and oxygen atoms in total. The van der Waals surface area contributed by atoms with Gasteiger partial charge in [-0.3, -0.25) is 19.2 Å². The Kier molecular flexibility index (Phi) is 25.1. The minimum atomic E-state index is -1.51. The third-order valence-electron chi connectivity index (χ3n) is 21.5. The molecule has 2 aliphatic heterocycles. The number of methoxy groups -OCH3 is 3. The number of aliphatic carboxylic acids is 1. The lowest BCUT2D eigenvalue weighted by molar-refractivity contribution is -0.148. The second-order valence-electron chi connectivity index (χ2n) is 31.2. The van der Waals surface area contributed by atoms with Crippen LogP contribution in [0.3, 0.4) is 0 Å². The van der Waals surface area contributed by atoms with Crippen molar-refractivity contribution in [1.29, 1.82) is 0 Å². The molecule has 582 valence electrons. The number of pyridine rings is 2. The number of carbonyl (C=O) groups excluding carboxylic acids is 7. The molecule has 107 heavy (non-hydrogen) atoms. The Morgan fingerprint density at radius 2 is 0.972 bits per heavy atom. The van der Waals surface area contributed by atoms with Gasteiger partial charge in [0.15, 0.2) is 0 Å². The Morgan fingerprint density at radius 3 is 1.32 bits per heavy atom. The molecule has 8 fully saturated rings. The number of likely N-dealkylation sites (tertiary alicyclic amines) is 2. The highest BCUT2D eigenvalue weighted by Gasteiger charge is 2.63. The van der Waals surface area contributed by atoms with Gasteiger partial charge in [0.25, 0.3) is 0 Å². The van der Waals surface area contributed by atoms with Crippen molar-refractivity contribution >= 4 is 116 Å². The molecule has 16 atom stereocenters. The van der Waals surface area contributed by atoms with E-state index < -0.39 is 112 Å². The number of carboxylic acid groups (broad SMARTS) is 1. The van der Waals surface area contributed by atoms with E-state index in [0.717, 1.165) is 37.2 Å². The van der Waals surface area contributed by atoms with Gasteiger partial charge in [-0.25, -0.2) is 29.1 Å². The molecule has 6 aliphatic carbocycles. The van der Waals surface area contributed by atoms with Crippen molar-refractivity contribution in [3.05, 3.63) is 71.8 Å². The summed E-state index contributed by atoms with van der Waals surface area (Å²) in [5.74, 6) is 1.09. The molecule has 4 heterocycles. The first-order chi connectivity index (χ1) is 50.9. The summed E-state index contributed by atoms with van der Waals surface area (Å²) >= 11 is 16.7. The number of fused-ring (bicyclic) bond motifs is 4. The highest BCUT2D eigenvalue weighted by atomic mass is 35.5. The monoisotopic (exact) mass is 1560 g/mol. The normalized spacial score (nSPS) is 27.6. The average molecular weight is 1560 g/mol. The molecular formula is C77H100Cl2N8O18S2. The lowest BCUT2D eigenvalue weighted by Gasteiger charge is -2.35. The number of amides is 6. The zero-order chi connectivity index (χ0) is 77.2. The first-order valence-electron chi connectivity index (χ1n) is 36.8. The Labute approximate surface area is 642 Å². The van der Waals surface area contributed by atoms with Crippen molar-refractivity contribution in [1.82, 2.24) is 41.0 Å². The lowest BCUT2D eigenvalue weighted by atomic mass is 9.85. The van der Waals surface area contributed by atoms with Gasteiger partial charge >= 0.3 is 24.1 Å². The fourth-order valence-corrected chi connectivity index (χ4v) is 17.2. The minimum absolute atomic E-state index is 0.0107. The summed E-state index contributed by atoms with van der Waals surface area (Å²) in [6, 6.07) is 6.49. The molecule has 2 aromatic heterocycles. The zero-order valence-electron chi connectivity index (χ0n) is 62.6. The fraction of sp³-hybridized carbons (Fsp3) is 0.610. The Hall–Kier alpha value is -7.50. The fourth-order valence-electron chi connectivity index (χ4n) is 15.4. The van der Waals surface area contributed by atoms with E-state index in [4.69, 9.17) is 75.8 Å². The van der Waals surface area contributed by atoms with E-state index in [1.54, 1.807) is 44.6 Å². The van der Waals surface area contributed by atoms with E-state index >= 15 is 0 Å². The van der Waals surface area contributed by atoms with Gasteiger partial charge in [0.2, 0.25) is 23.6 Å². The molecule has 12 rings (SSSR count). The van der Waals surface area contributed by atoms with Gasteiger partial charge < -0.3 is 78.8 Å². The Bertz CT molecular complexity index is 4050. The van der Waals surface area contributed by atoms with Gasteiger partial charge in [0.05, 0.1) is 44.4 Å². The number of esters is 1. The quantitative estimate of drug-likeness (QED) is 0.0106. The molecule has 4 aromatic rings. The number of hydrogen-bond acceptors (Lipinski definition) is 21. The van der Waals surface area contributed by atoms with Crippen LogP contribution in [0.25, 0.3) is 21.8 Å². The van der Waals surface area contributed by atoms with E-state index in [9.17, 15) is 43.5 Å². The van der Waals surface area contributed by atoms with E-state index in [1.165, 1.54) is 59.4 Å². The van der Waals surface area contributed by atoms with E-state index in [2.05, 4.69) is 34.4 Å². The van der Waals surface area contributed by atoms with Gasteiger partial charge in [0, 0.05) is 61.8 Å². The van der Waals surface area contributed by atoms with E-state index in [0.29, 0.717) is 121 Å². The number of alkyl carbamates (subject to hydrolysis) is 2. The molecule has 8 aliphatic rings. The number of carbonyl (C=O) groups is 8. The van der Waals surface area contributed by atoms with Gasteiger partial charge in [-0.2, -0.15) is 0 Å². The molecular weight excluding hydrogens is 1460 g/mol. The lowest BCUT2D eigenvalue weighted by Crippen LogP contribution is -2.59. The number of hydrogen-bond donors (Lipinski definition) is 5. The number of aromatic nitrogens is 2. The van der Waals surface area contributed by atoms with Crippen LogP contribution in [-0.2, 0) is 52.5 Å². The highest BCUT2D eigenvalue weighted by Crippen LogP contribution is 2.54.